The van der Waals surface area contributed by atoms with Gasteiger partial charge in [0.2, 0.25) is 6.33 Å². The van der Waals surface area contributed by atoms with Gasteiger partial charge in [-0.3, -0.25) is 0 Å². The first-order chi connectivity index (χ1) is 23.0. The molecule has 0 atom stereocenters. The number of aromatic nitrogens is 2. The van der Waals surface area contributed by atoms with E-state index in [9.17, 15) is 9.59 Å². The van der Waals surface area contributed by atoms with Gasteiger partial charge in [-0.1, -0.05) is 43.5 Å². The highest BCUT2D eigenvalue weighted by molar-refractivity contribution is 5.92. The van der Waals surface area contributed by atoms with Gasteiger partial charge in [-0.2, -0.15) is 0 Å². The van der Waals surface area contributed by atoms with Crippen LogP contribution in [-0.2, 0) is 17.9 Å². The minimum atomic E-state index is -0.525. The topological polar surface area (TPSA) is 89.1 Å². The van der Waals surface area contributed by atoms with Crippen molar-refractivity contribution < 1.29 is 37.8 Å². The minimum Gasteiger partial charge on any atom is -0.491 e. The van der Waals surface area contributed by atoms with E-state index in [-0.39, 0.29) is 0 Å². The quantitative estimate of drug-likeness (QED) is 0.0523. The maximum Gasteiger partial charge on any atom is 0.343 e. The number of imidazole rings is 1. The van der Waals surface area contributed by atoms with Crippen LogP contribution in [0.3, 0.4) is 0 Å². The first kappa shape index (κ1) is 32.5. The van der Waals surface area contributed by atoms with E-state index < -0.39 is 11.9 Å². The molecule has 0 radical (unpaired) electrons. The van der Waals surface area contributed by atoms with E-state index in [1.165, 1.54) is 0 Å². The Kier molecular flexibility index (Phi) is 11.3. The Morgan fingerprint density at radius 1 is 0.660 bits per heavy atom. The van der Waals surface area contributed by atoms with Crippen molar-refractivity contribution >= 4 is 24.2 Å². The molecule has 0 aliphatic heterocycles. The fourth-order valence-electron chi connectivity index (χ4n) is 4.36. The molecule has 47 heavy (non-hydrogen) atoms. The van der Waals surface area contributed by atoms with E-state index in [1.54, 1.807) is 85.1 Å². The molecule has 0 unspecified atom stereocenters. The summed E-state index contributed by atoms with van der Waals surface area (Å²) >= 11 is 0. The fraction of sp³-hybridized carbons (Fsp3) is 0.132. The van der Waals surface area contributed by atoms with Crippen molar-refractivity contribution in [1.82, 2.24) is 4.57 Å². The van der Waals surface area contributed by atoms with Crippen molar-refractivity contribution in [2.45, 2.75) is 13.2 Å². The summed E-state index contributed by atoms with van der Waals surface area (Å²) in [4.78, 5) is 25.3. The van der Waals surface area contributed by atoms with Gasteiger partial charge in [0.25, 0.3) is 0 Å². The fourth-order valence-corrected chi connectivity index (χ4v) is 4.36. The first-order valence-corrected chi connectivity index (χ1v) is 15.0. The predicted molar refractivity (Wildman–Crippen MR) is 177 cm³/mol. The van der Waals surface area contributed by atoms with Crippen LogP contribution in [0, 0.1) is 0 Å². The van der Waals surface area contributed by atoms with Crippen LogP contribution in [0.1, 0.15) is 31.8 Å². The Hall–Kier alpha value is -5.93. The standard InChI is InChI=1S/C38H35N2O7/c1-3-29-5-7-30(8-6-29)27-43-25-26-45-34-15-11-32(12-16-34)38(42)47-36-19-17-35(18-20-36)46-37(41)31-9-13-33(14-10-31)44-24-23-40-22-21-39(4-2)28-40/h3-22,28H,1-2,23-27H2/q+1. The number of rotatable bonds is 16. The molecule has 238 valence electrons. The summed E-state index contributed by atoms with van der Waals surface area (Å²) < 4.78 is 31.9. The van der Waals surface area contributed by atoms with Crippen molar-refractivity contribution in [1.29, 1.82) is 0 Å². The van der Waals surface area contributed by atoms with E-state index >= 15 is 0 Å². The van der Waals surface area contributed by atoms with Crippen LogP contribution >= 0.6 is 0 Å². The van der Waals surface area contributed by atoms with Crippen LogP contribution in [0.5, 0.6) is 23.0 Å². The number of carbonyl (C=O) groups is 2. The number of carbonyl (C=O) groups excluding carboxylic acids is 2. The Morgan fingerprint density at radius 2 is 1.19 bits per heavy atom. The molecule has 0 fully saturated rings. The van der Waals surface area contributed by atoms with Crippen molar-refractivity contribution in [3.8, 4) is 23.0 Å². The Morgan fingerprint density at radius 3 is 1.70 bits per heavy atom. The Balaban J connectivity index is 1.01. The number of esters is 2. The van der Waals surface area contributed by atoms with Gasteiger partial charge in [-0.15, -0.1) is 0 Å². The second kappa shape index (κ2) is 16.4. The summed E-state index contributed by atoms with van der Waals surface area (Å²) in [6.45, 7) is 9.90. The SMILES string of the molecule is C=Cc1ccc(COCCOc2ccc(C(=O)Oc3ccc(OC(=O)c4ccc(OCC[n+]5ccn(C=C)c5)cc4)cc3)cc2)cc1. The van der Waals surface area contributed by atoms with Crippen LogP contribution in [0.4, 0.5) is 0 Å². The molecular formula is C38H35N2O7+. The number of hydrogen-bond acceptors (Lipinski definition) is 7. The molecule has 5 aromatic rings. The summed E-state index contributed by atoms with van der Waals surface area (Å²) in [5.41, 5.74) is 2.88. The monoisotopic (exact) mass is 631 g/mol. The molecule has 0 N–H and O–H groups in total. The van der Waals surface area contributed by atoms with Gasteiger partial charge in [-0.05, 0) is 83.9 Å². The largest absolute Gasteiger partial charge is 0.491 e. The molecule has 9 heteroatoms. The van der Waals surface area contributed by atoms with Gasteiger partial charge in [0.15, 0.2) is 0 Å². The minimum absolute atomic E-state index is 0.312. The van der Waals surface area contributed by atoms with Gasteiger partial charge >= 0.3 is 11.9 Å². The molecule has 5 rings (SSSR count). The molecule has 0 aliphatic carbocycles. The Bertz CT molecular complexity index is 1780. The van der Waals surface area contributed by atoms with Gasteiger partial charge in [0.05, 0.1) is 30.5 Å². The molecule has 1 heterocycles. The van der Waals surface area contributed by atoms with Crippen molar-refractivity contribution in [3.05, 3.63) is 151 Å². The van der Waals surface area contributed by atoms with Crippen LogP contribution in [0.25, 0.3) is 12.3 Å². The lowest BCUT2D eigenvalue weighted by Crippen LogP contribution is -2.34. The zero-order valence-corrected chi connectivity index (χ0v) is 25.8. The highest BCUT2D eigenvalue weighted by Gasteiger charge is 2.12. The molecule has 0 aliphatic rings. The molecule has 1 aromatic heterocycles. The Labute approximate surface area is 273 Å². The molecule has 4 aromatic carbocycles. The average Bonchev–Trinajstić information content (AvgIpc) is 3.58. The zero-order valence-electron chi connectivity index (χ0n) is 25.8. The molecule has 9 nitrogen and oxygen atoms in total. The van der Waals surface area contributed by atoms with E-state index in [4.69, 9.17) is 23.7 Å². The van der Waals surface area contributed by atoms with Crippen LogP contribution in [0.15, 0.2) is 129 Å². The van der Waals surface area contributed by atoms with Crippen LogP contribution < -0.4 is 23.5 Å². The molecule has 0 saturated heterocycles. The molecule has 0 spiro atoms. The second-order valence-electron chi connectivity index (χ2n) is 10.3. The molecule has 0 amide bonds. The first-order valence-electron chi connectivity index (χ1n) is 15.0. The van der Waals surface area contributed by atoms with Gasteiger partial charge in [0.1, 0.15) is 55.2 Å². The third-order valence-corrected chi connectivity index (χ3v) is 6.95. The van der Waals surface area contributed by atoms with E-state index in [2.05, 4.69) is 13.2 Å². The summed E-state index contributed by atoms with van der Waals surface area (Å²) in [6.07, 6.45) is 9.25. The number of benzene rings is 4. The van der Waals surface area contributed by atoms with E-state index in [0.717, 1.165) is 11.1 Å². The van der Waals surface area contributed by atoms with E-state index in [0.29, 0.717) is 67.1 Å². The highest BCUT2D eigenvalue weighted by Crippen LogP contribution is 2.21. The predicted octanol–water partition coefficient (Wildman–Crippen LogP) is 6.63. The average molecular weight is 632 g/mol. The summed E-state index contributed by atoms with van der Waals surface area (Å²) in [7, 11) is 0. The smallest absolute Gasteiger partial charge is 0.343 e. The van der Waals surface area contributed by atoms with Gasteiger partial charge < -0.3 is 23.7 Å². The van der Waals surface area contributed by atoms with Crippen LogP contribution in [0.2, 0.25) is 0 Å². The molecule has 0 bridgehead atoms. The third kappa shape index (κ3) is 9.78. The summed E-state index contributed by atoms with van der Waals surface area (Å²) in [5, 5.41) is 0. The lowest BCUT2D eigenvalue weighted by molar-refractivity contribution is -0.696. The highest BCUT2D eigenvalue weighted by atomic mass is 16.5. The van der Waals surface area contributed by atoms with Gasteiger partial charge in [0, 0.05) is 0 Å². The lowest BCUT2D eigenvalue weighted by atomic mass is 10.1. The number of ether oxygens (including phenoxy) is 5. The maximum absolute atomic E-state index is 12.6. The second-order valence-corrected chi connectivity index (χ2v) is 10.3. The molecule has 0 saturated carbocycles. The van der Waals surface area contributed by atoms with Gasteiger partial charge in [-0.25, -0.2) is 18.7 Å². The number of hydrogen-bond donors (Lipinski definition) is 0. The normalized spacial score (nSPS) is 10.6. The van der Waals surface area contributed by atoms with Crippen molar-refractivity contribution in [2.24, 2.45) is 0 Å². The lowest BCUT2D eigenvalue weighted by Gasteiger charge is -2.09. The van der Waals surface area contributed by atoms with Crippen LogP contribution in [-0.4, -0.2) is 36.3 Å². The van der Waals surface area contributed by atoms with E-state index in [1.807, 2.05) is 52.1 Å². The number of nitrogens with zero attached hydrogens (tertiary/aromatic N) is 2. The summed E-state index contributed by atoms with van der Waals surface area (Å²) in [6, 6.07) is 27.6. The summed E-state index contributed by atoms with van der Waals surface area (Å²) in [5.74, 6) is 0.842. The zero-order chi connectivity index (χ0) is 32.8. The maximum atomic E-state index is 12.6. The van der Waals surface area contributed by atoms with Crippen molar-refractivity contribution in [2.75, 3.05) is 19.8 Å². The van der Waals surface area contributed by atoms with Crippen molar-refractivity contribution in [3.63, 3.8) is 0 Å². The third-order valence-electron chi connectivity index (χ3n) is 6.95. The molecular weight excluding hydrogens is 596 g/mol.